The maximum atomic E-state index is 11.8. The molecule has 2 saturated heterocycles. The van der Waals surface area contributed by atoms with Gasteiger partial charge in [-0.25, -0.2) is 0 Å². The number of nitrogens with one attached hydrogen (secondary N) is 2. The van der Waals surface area contributed by atoms with E-state index in [9.17, 15) is 4.79 Å². The Morgan fingerprint density at radius 2 is 2.17 bits per heavy atom. The minimum atomic E-state index is 0. The second kappa shape index (κ2) is 6.22. The summed E-state index contributed by atoms with van der Waals surface area (Å²) in [5, 5.41) is 6.43. The van der Waals surface area contributed by atoms with Gasteiger partial charge >= 0.3 is 0 Å². The van der Waals surface area contributed by atoms with Crippen LogP contribution in [0.1, 0.15) is 25.7 Å². The molecule has 18 heavy (non-hydrogen) atoms. The van der Waals surface area contributed by atoms with Gasteiger partial charge in [0.1, 0.15) is 0 Å². The zero-order valence-electron chi connectivity index (χ0n) is 10.7. The second-order valence-corrected chi connectivity index (χ2v) is 5.74. The molecule has 4 nitrogen and oxygen atoms in total. The van der Waals surface area contributed by atoms with Crippen molar-refractivity contribution in [3.63, 3.8) is 0 Å². The highest BCUT2D eigenvalue weighted by molar-refractivity contribution is 5.85. The summed E-state index contributed by atoms with van der Waals surface area (Å²) in [6, 6.07) is 0. The fourth-order valence-electron chi connectivity index (χ4n) is 3.03. The van der Waals surface area contributed by atoms with Gasteiger partial charge in [-0.2, -0.15) is 0 Å². The highest BCUT2D eigenvalue weighted by Gasteiger charge is 2.39. The number of amides is 1. The topological polar surface area (TPSA) is 50.4 Å². The SMILES string of the molecule is Cl.O=C(C[C@H]1OC[C@H]2CNCC[C@H]21)NCC1CC1. The lowest BCUT2D eigenvalue weighted by atomic mass is 9.84. The lowest BCUT2D eigenvalue weighted by Crippen LogP contribution is -2.39. The Balaban J connectivity index is 0.00000120. The highest BCUT2D eigenvalue weighted by atomic mass is 35.5. The lowest BCUT2D eigenvalue weighted by Gasteiger charge is -2.27. The lowest BCUT2D eigenvalue weighted by molar-refractivity contribution is -0.123. The number of rotatable bonds is 4. The summed E-state index contributed by atoms with van der Waals surface area (Å²) in [4.78, 5) is 11.8. The summed E-state index contributed by atoms with van der Waals surface area (Å²) in [6.07, 6.45) is 4.47. The van der Waals surface area contributed by atoms with Crippen molar-refractivity contribution in [3.8, 4) is 0 Å². The number of halogens is 1. The monoisotopic (exact) mass is 274 g/mol. The van der Waals surface area contributed by atoms with E-state index in [0.717, 1.165) is 38.6 Å². The summed E-state index contributed by atoms with van der Waals surface area (Å²) in [7, 11) is 0. The van der Waals surface area contributed by atoms with Crippen molar-refractivity contribution >= 4 is 18.3 Å². The van der Waals surface area contributed by atoms with Gasteiger partial charge in [0.15, 0.2) is 0 Å². The predicted octanol–water partition coefficient (Wildman–Crippen LogP) is 0.949. The molecule has 0 radical (unpaired) electrons. The zero-order chi connectivity index (χ0) is 11.7. The van der Waals surface area contributed by atoms with Gasteiger partial charge in [0, 0.05) is 19.0 Å². The molecule has 0 bridgehead atoms. The van der Waals surface area contributed by atoms with Gasteiger partial charge in [-0.3, -0.25) is 4.79 Å². The van der Waals surface area contributed by atoms with E-state index in [2.05, 4.69) is 10.6 Å². The van der Waals surface area contributed by atoms with Crippen LogP contribution in [0.3, 0.4) is 0 Å². The van der Waals surface area contributed by atoms with E-state index >= 15 is 0 Å². The van der Waals surface area contributed by atoms with Gasteiger partial charge < -0.3 is 15.4 Å². The van der Waals surface area contributed by atoms with E-state index in [1.807, 2.05) is 0 Å². The molecule has 2 aliphatic heterocycles. The Kier molecular flexibility index (Phi) is 4.87. The van der Waals surface area contributed by atoms with E-state index in [4.69, 9.17) is 4.74 Å². The summed E-state index contributed by atoms with van der Waals surface area (Å²) >= 11 is 0. The van der Waals surface area contributed by atoms with Crippen LogP contribution in [-0.2, 0) is 9.53 Å². The normalized spacial score (nSPS) is 34.6. The van der Waals surface area contributed by atoms with E-state index in [1.165, 1.54) is 12.8 Å². The molecule has 5 heteroatoms. The van der Waals surface area contributed by atoms with E-state index in [-0.39, 0.29) is 24.4 Å². The molecule has 0 aromatic carbocycles. The van der Waals surface area contributed by atoms with Crippen LogP contribution in [0.25, 0.3) is 0 Å². The molecule has 2 heterocycles. The molecular weight excluding hydrogens is 252 g/mol. The first kappa shape index (κ1) is 14.1. The Morgan fingerprint density at radius 1 is 1.33 bits per heavy atom. The molecule has 1 aliphatic carbocycles. The number of hydrogen-bond donors (Lipinski definition) is 2. The third-order valence-corrected chi connectivity index (χ3v) is 4.34. The molecule has 1 amide bonds. The molecule has 0 unspecified atom stereocenters. The van der Waals surface area contributed by atoms with Crippen molar-refractivity contribution in [2.24, 2.45) is 17.8 Å². The van der Waals surface area contributed by atoms with Crippen LogP contribution in [0.2, 0.25) is 0 Å². The fourth-order valence-corrected chi connectivity index (χ4v) is 3.03. The Labute approximate surface area is 115 Å². The second-order valence-electron chi connectivity index (χ2n) is 5.74. The molecular formula is C13H23ClN2O2. The molecule has 2 N–H and O–H groups in total. The van der Waals surface area contributed by atoms with Crippen molar-refractivity contribution in [2.45, 2.75) is 31.8 Å². The van der Waals surface area contributed by atoms with Gasteiger partial charge in [-0.15, -0.1) is 12.4 Å². The van der Waals surface area contributed by atoms with Crippen LogP contribution >= 0.6 is 12.4 Å². The molecule has 0 aromatic rings. The van der Waals surface area contributed by atoms with Crippen molar-refractivity contribution in [3.05, 3.63) is 0 Å². The van der Waals surface area contributed by atoms with Gasteiger partial charge in [0.2, 0.25) is 5.91 Å². The number of fused-ring (bicyclic) bond motifs is 1. The largest absolute Gasteiger partial charge is 0.377 e. The van der Waals surface area contributed by atoms with E-state index in [0.29, 0.717) is 18.3 Å². The maximum absolute atomic E-state index is 11.8. The molecule has 104 valence electrons. The predicted molar refractivity (Wildman–Crippen MR) is 71.8 cm³/mol. The third kappa shape index (κ3) is 3.37. The first-order valence-electron chi connectivity index (χ1n) is 6.92. The van der Waals surface area contributed by atoms with Crippen LogP contribution in [-0.4, -0.2) is 38.3 Å². The number of carbonyl (C=O) groups is 1. The van der Waals surface area contributed by atoms with Crippen molar-refractivity contribution in [2.75, 3.05) is 26.2 Å². The number of hydrogen-bond acceptors (Lipinski definition) is 3. The zero-order valence-corrected chi connectivity index (χ0v) is 11.5. The Bertz CT molecular complexity index is 297. The minimum absolute atomic E-state index is 0. The number of carbonyl (C=O) groups excluding carboxylic acids is 1. The molecule has 3 fully saturated rings. The average Bonchev–Trinajstić information content (AvgIpc) is 3.10. The standard InChI is InChI=1S/C13H22N2O2.ClH/c16-13(15-6-9-1-2-9)5-12-11-3-4-14-7-10(11)8-17-12;/h9-12,14H,1-8H2,(H,15,16);1H/t10-,11-,12-;/m1./s1. The van der Waals surface area contributed by atoms with Crippen LogP contribution in [0.4, 0.5) is 0 Å². The third-order valence-electron chi connectivity index (χ3n) is 4.34. The van der Waals surface area contributed by atoms with Gasteiger partial charge in [-0.1, -0.05) is 0 Å². The molecule has 0 aromatic heterocycles. The Morgan fingerprint density at radius 3 is 2.94 bits per heavy atom. The summed E-state index contributed by atoms with van der Waals surface area (Å²) < 4.78 is 5.79. The van der Waals surface area contributed by atoms with Crippen LogP contribution < -0.4 is 10.6 Å². The molecule has 3 aliphatic rings. The van der Waals surface area contributed by atoms with Gasteiger partial charge in [0.05, 0.1) is 19.1 Å². The smallest absolute Gasteiger partial charge is 0.222 e. The van der Waals surface area contributed by atoms with E-state index < -0.39 is 0 Å². The summed E-state index contributed by atoms with van der Waals surface area (Å²) in [5.41, 5.74) is 0. The highest BCUT2D eigenvalue weighted by Crippen LogP contribution is 2.33. The van der Waals surface area contributed by atoms with Crippen LogP contribution in [0.5, 0.6) is 0 Å². The number of ether oxygens (including phenoxy) is 1. The van der Waals surface area contributed by atoms with Crippen molar-refractivity contribution in [1.82, 2.24) is 10.6 Å². The maximum Gasteiger partial charge on any atom is 0.222 e. The number of piperidine rings is 1. The molecule has 3 atom stereocenters. The van der Waals surface area contributed by atoms with Gasteiger partial charge in [-0.05, 0) is 37.6 Å². The average molecular weight is 275 g/mol. The van der Waals surface area contributed by atoms with Crippen LogP contribution in [0.15, 0.2) is 0 Å². The first-order valence-corrected chi connectivity index (χ1v) is 6.92. The fraction of sp³-hybridized carbons (Fsp3) is 0.923. The first-order chi connectivity index (χ1) is 8.33. The molecule has 1 saturated carbocycles. The minimum Gasteiger partial charge on any atom is -0.377 e. The molecule has 0 spiro atoms. The molecule has 3 rings (SSSR count). The van der Waals surface area contributed by atoms with Crippen molar-refractivity contribution in [1.29, 1.82) is 0 Å². The summed E-state index contributed by atoms with van der Waals surface area (Å²) in [5.74, 6) is 2.17. The van der Waals surface area contributed by atoms with Crippen LogP contribution in [0, 0.1) is 17.8 Å². The summed E-state index contributed by atoms with van der Waals surface area (Å²) in [6.45, 7) is 3.84. The van der Waals surface area contributed by atoms with Gasteiger partial charge in [0.25, 0.3) is 0 Å². The van der Waals surface area contributed by atoms with E-state index in [1.54, 1.807) is 0 Å². The quantitative estimate of drug-likeness (QED) is 0.803. The van der Waals surface area contributed by atoms with Crippen molar-refractivity contribution < 1.29 is 9.53 Å². The Hall–Kier alpha value is -0.320.